The summed E-state index contributed by atoms with van der Waals surface area (Å²) in [6.45, 7) is 4.42. The van der Waals surface area contributed by atoms with Crippen LogP contribution in [-0.4, -0.2) is 7.11 Å². The van der Waals surface area contributed by atoms with Crippen molar-refractivity contribution in [3.8, 4) is 5.75 Å². The van der Waals surface area contributed by atoms with Crippen LogP contribution in [-0.2, 0) is 0 Å². The van der Waals surface area contributed by atoms with Gasteiger partial charge in [0.15, 0.2) is 0 Å². The van der Waals surface area contributed by atoms with Crippen molar-refractivity contribution in [2.45, 2.75) is 32.4 Å². The molecule has 0 saturated carbocycles. The molecule has 0 aliphatic heterocycles. The van der Waals surface area contributed by atoms with E-state index in [-0.39, 0.29) is 0 Å². The van der Waals surface area contributed by atoms with Gasteiger partial charge in [-0.3, -0.25) is 0 Å². The molecule has 1 N–H and O–H groups in total. The minimum atomic E-state index is 0.346. The van der Waals surface area contributed by atoms with Crippen molar-refractivity contribution in [2.24, 2.45) is 0 Å². The normalized spacial score (nSPS) is 14.0. The fraction of sp³-hybridized carbons (Fsp3) is 0.375. The molecule has 0 aliphatic rings. The van der Waals surface area contributed by atoms with Crippen molar-refractivity contribution in [2.75, 3.05) is 7.11 Å². The highest BCUT2D eigenvalue weighted by molar-refractivity contribution is 9.11. The van der Waals surface area contributed by atoms with Crippen LogP contribution in [0.2, 0.25) is 0 Å². The van der Waals surface area contributed by atoms with Crippen molar-refractivity contribution < 1.29 is 4.74 Å². The van der Waals surface area contributed by atoms with Gasteiger partial charge in [-0.15, -0.1) is 11.3 Å². The van der Waals surface area contributed by atoms with E-state index in [0.717, 1.165) is 12.2 Å². The van der Waals surface area contributed by atoms with E-state index in [1.54, 1.807) is 18.4 Å². The van der Waals surface area contributed by atoms with Crippen LogP contribution >= 0.6 is 27.3 Å². The first kappa shape index (κ1) is 15.5. The molecule has 2 aromatic rings. The van der Waals surface area contributed by atoms with Crippen LogP contribution in [0.25, 0.3) is 0 Å². The molecule has 2 atom stereocenters. The third-order valence-electron chi connectivity index (χ3n) is 3.40. The zero-order chi connectivity index (χ0) is 14.5. The monoisotopic (exact) mass is 353 g/mol. The Bertz CT molecular complexity index is 538. The lowest BCUT2D eigenvalue weighted by Crippen LogP contribution is -2.23. The Hall–Kier alpha value is -0.840. The zero-order valence-electron chi connectivity index (χ0n) is 12.0. The predicted molar refractivity (Wildman–Crippen MR) is 89.6 cm³/mol. The second kappa shape index (κ2) is 7.25. The van der Waals surface area contributed by atoms with Crippen LogP contribution in [0.5, 0.6) is 5.75 Å². The summed E-state index contributed by atoms with van der Waals surface area (Å²) in [5.74, 6) is 0.902. The standard InChI is InChI=1S/C16H20BrNOS/c1-4-14(12-5-7-13(19-3)8-6-12)18-11(2)15-9-10-16(17)20-15/h5-11,14,18H,4H2,1-3H3. The van der Waals surface area contributed by atoms with Gasteiger partial charge in [0.2, 0.25) is 0 Å². The predicted octanol–water partition coefficient (Wildman–Crippen LogP) is 5.32. The summed E-state index contributed by atoms with van der Waals surface area (Å²) in [5, 5.41) is 3.70. The van der Waals surface area contributed by atoms with Crippen molar-refractivity contribution in [1.29, 1.82) is 0 Å². The van der Waals surface area contributed by atoms with Gasteiger partial charge in [-0.25, -0.2) is 0 Å². The second-order valence-electron chi connectivity index (χ2n) is 4.76. The van der Waals surface area contributed by atoms with Crippen LogP contribution in [0.4, 0.5) is 0 Å². The molecule has 0 fully saturated rings. The molecule has 20 heavy (non-hydrogen) atoms. The van der Waals surface area contributed by atoms with Crippen LogP contribution in [0.1, 0.15) is 42.8 Å². The molecule has 2 rings (SSSR count). The first-order valence-corrected chi connectivity index (χ1v) is 8.40. The van der Waals surface area contributed by atoms with E-state index in [9.17, 15) is 0 Å². The highest BCUT2D eigenvalue weighted by atomic mass is 79.9. The molecule has 108 valence electrons. The van der Waals surface area contributed by atoms with Gasteiger partial charge in [0.05, 0.1) is 10.9 Å². The van der Waals surface area contributed by atoms with E-state index < -0.39 is 0 Å². The van der Waals surface area contributed by atoms with E-state index in [1.807, 2.05) is 12.1 Å². The van der Waals surface area contributed by atoms with Gasteiger partial charge >= 0.3 is 0 Å². The fourth-order valence-electron chi connectivity index (χ4n) is 2.23. The molecule has 1 aromatic heterocycles. The maximum Gasteiger partial charge on any atom is 0.118 e. The number of ether oxygens (including phenoxy) is 1. The molecule has 0 amide bonds. The lowest BCUT2D eigenvalue weighted by molar-refractivity contribution is 0.413. The smallest absolute Gasteiger partial charge is 0.118 e. The Kier molecular flexibility index (Phi) is 5.64. The van der Waals surface area contributed by atoms with Crippen molar-refractivity contribution in [1.82, 2.24) is 5.32 Å². The molecule has 0 radical (unpaired) electrons. The van der Waals surface area contributed by atoms with Crippen molar-refractivity contribution in [3.63, 3.8) is 0 Å². The quantitative estimate of drug-likeness (QED) is 0.758. The Balaban J connectivity index is 2.07. The van der Waals surface area contributed by atoms with Crippen LogP contribution in [0.15, 0.2) is 40.2 Å². The maximum atomic E-state index is 5.21. The molecule has 0 bridgehead atoms. The summed E-state index contributed by atoms with van der Waals surface area (Å²) < 4.78 is 6.39. The van der Waals surface area contributed by atoms with E-state index in [0.29, 0.717) is 12.1 Å². The average Bonchev–Trinajstić information content (AvgIpc) is 2.91. The molecule has 2 unspecified atom stereocenters. The Morgan fingerprint density at radius 2 is 1.90 bits per heavy atom. The van der Waals surface area contributed by atoms with Gasteiger partial charge in [-0.1, -0.05) is 19.1 Å². The molecule has 4 heteroatoms. The number of rotatable bonds is 6. The third kappa shape index (κ3) is 3.84. The molecular weight excluding hydrogens is 334 g/mol. The number of benzene rings is 1. The van der Waals surface area contributed by atoms with Crippen LogP contribution in [0.3, 0.4) is 0 Å². The number of methoxy groups -OCH3 is 1. The SMILES string of the molecule is CCC(NC(C)c1ccc(Br)s1)c1ccc(OC)cc1. The average molecular weight is 354 g/mol. The van der Waals surface area contributed by atoms with E-state index >= 15 is 0 Å². The minimum absolute atomic E-state index is 0.346. The molecular formula is C16H20BrNOS. The topological polar surface area (TPSA) is 21.3 Å². The largest absolute Gasteiger partial charge is 0.497 e. The first-order chi connectivity index (χ1) is 9.63. The Morgan fingerprint density at radius 3 is 2.40 bits per heavy atom. The van der Waals surface area contributed by atoms with E-state index in [1.165, 1.54) is 14.2 Å². The summed E-state index contributed by atoms with van der Waals surface area (Å²) in [6.07, 6.45) is 1.06. The first-order valence-electron chi connectivity index (χ1n) is 6.79. The van der Waals surface area contributed by atoms with Crippen LogP contribution in [0, 0.1) is 0 Å². The summed E-state index contributed by atoms with van der Waals surface area (Å²) >= 11 is 5.31. The number of thiophene rings is 1. The molecule has 0 spiro atoms. The van der Waals surface area contributed by atoms with E-state index in [4.69, 9.17) is 4.74 Å². The van der Waals surface area contributed by atoms with E-state index in [2.05, 4.69) is 59.4 Å². The number of nitrogens with one attached hydrogen (secondary N) is 1. The summed E-state index contributed by atoms with van der Waals surface area (Å²) in [6, 6.07) is 13.3. The minimum Gasteiger partial charge on any atom is -0.497 e. The summed E-state index contributed by atoms with van der Waals surface area (Å²) in [4.78, 5) is 1.35. The van der Waals surface area contributed by atoms with Gasteiger partial charge in [-0.05, 0) is 59.1 Å². The van der Waals surface area contributed by atoms with Gasteiger partial charge in [0.1, 0.15) is 5.75 Å². The lowest BCUT2D eigenvalue weighted by atomic mass is 10.0. The third-order valence-corrected chi connectivity index (χ3v) is 5.20. The van der Waals surface area contributed by atoms with Gasteiger partial charge < -0.3 is 10.1 Å². The van der Waals surface area contributed by atoms with Crippen molar-refractivity contribution in [3.05, 3.63) is 50.6 Å². The maximum absolute atomic E-state index is 5.21. The number of hydrogen-bond donors (Lipinski definition) is 1. The Labute approximate surface area is 133 Å². The highest BCUT2D eigenvalue weighted by Gasteiger charge is 2.15. The molecule has 0 saturated heterocycles. The second-order valence-corrected chi connectivity index (χ2v) is 7.26. The molecule has 2 nitrogen and oxygen atoms in total. The molecule has 0 aliphatic carbocycles. The lowest BCUT2D eigenvalue weighted by Gasteiger charge is -2.22. The van der Waals surface area contributed by atoms with Crippen molar-refractivity contribution >= 4 is 27.3 Å². The van der Waals surface area contributed by atoms with Gasteiger partial charge in [0.25, 0.3) is 0 Å². The van der Waals surface area contributed by atoms with Crippen LogP contribution < -0.4 is 10.1 Å². The molecule has 1 heterocycles. The molecule has 1 aromatic carbocycles. The number of hydrogen-bond acceptors (Lipinski definition) is 3. The fourth-order valence-corrected chi connectivity index (χ4v) is 3.67. The zero-order valence-corrected chi connectivity index (χ0v) is 14.4. The highest BCUT2D eigenvalue weighted by Crippen LogP contribution is 2.29. The summed E-state index contributed by atoms with van der Waals surface area (Å²) in [5.41, 5.74) is 1.30. The summed E-state index contributed by atoms with van der Waals surface area (Å²) in [7, 11) is 1.70. The van der Waals surface area contributed by atoms with Gasteiger partial charge in [0, 0.05) is 17.0 Å². The Morgan fingerprint density at radius 1 is 1.20 bits per heavy atom. The van der Waals surface area contributed by atoms with Gasteiger partial charge in [-0.2, -0.15) is 0 Å². The number of halogens is 1.